The molecule has 4 nitrogen and oxygen atoms in total. The summed E-state index contributed by atoms with van der Waals surface area (Å²) in [4.78, 5) is 7.37. The van der Waals surface area contributed by atoms with Crippen molar-refractivity contribution in [3.63, 3.8) is 0 Å². The van der Waals surface area contributed by atoms with Crippen molar-refractivity contribution in [2.24, 2.45) is 0 Å². The van der Waals surface area contributed by atoms with Gasteiger partial charge in [-0.1, -0.05) is 19.6 Å². The average Bonchev–Trinajstić information content (AvgIpc) is 2.86. The quantitative estimate of drug-likeness (QED) is 0.353. The first-order chi connectivity index (χ1) is 11.5. The van der Waals surface area contributed by atoms with Crippen molar-refractivity contribution in [3.05, 3.63) is 34.4 Å². The number of aromatic nitrogens is 3. The van der Waals surface area contributed by atoms with Gasteiger partial charge in [-0.05, 0) is 28.0 Å². The van der Waals surface area contributed by atoms with Crippen LogP contribution < -0.4 is 0 Å². The molecule has 0 saturated carbocycles. The van der Waals surface area contributed by atoms with Crippen molar-refractivity contribution in [3.8, 4) is 11.5 Å². The number of rotatable bonds is 6. The minimum atomic E-state index is -4.63. The van der Waals surface area contributed by atoms with Gasteiger partial charge in [0.05, 0.1) is 0 Å². The molecule has 0 atom stereocenters. The lowest BCUT2D eigenvalue weighted by Gasteiger charge is -2.16. The Bertz CT molecular complexity index is 743. The predicted octanol–water partition coefficient (Wildman–Crippen LogP) is 5.18. The number of hydrogen-bond acceptors (Lipinski definition) is 3. The summed E-state index contributed by atoms with van der Waals surface area (Å²) in [5, 5.41) is 0. The monoisotopic (exact) mass is 439 g/mol. The van der Waals surface area contributed by atoms with Crippen molar-refractivity contribution >= 4 is 24.0 Å². The molecule has 10 heteroatoms. The molecule has 0 amide bonds. The molecular weight excluding hydrogens is 422 g/mol. The maximum Gasteiger partial charge on any atom is 0.434 e. The first kappa shape index (κ1) is 20.1. The Morgan fingerprint density at radius 1 is 1.28 bits per heavy atom. The lowest BCUT2D eigenvalue weighted by Crippen LogP contribution is -2.22. The van der Waals surface area contributed by atoms with Crippen LogP contribution in [0.15, 0.2) is 22.9 Å². The van der Waals surface area contributed by atoms with Crippen LogP contribution in [0.3, 0.4) is 0 Å². The minimum Gasteiger partial charge on any atom is -0.361 e. The molecule has 0 aromatic carbocycles. The molecular formula is C15H18BrF4N3OSi. The second-order valence-corrected chi connectivity index (χ2v) is 13.3. The average molecular weight is 440 g/mol. The lowest BCUT2D eigenvalue weighted by atomic mass is 10.3. The number of alkyl halides is 3. The van der Waals surface area contributed by atoms with Gasteiger partial charge < -0.3 is 9.30 Å². The summed E-state index contributed by atoms with van der Waals surface area (Å²) >= 11 is 3.06. The Morgan fingerprint density at radius 3 is 2.52 bits per heavy atom. The van der Waals surface area contributed by atoms with Gasteiger partial charge in [0.25, 0.3) is 0 Å². The van der Waals surface area contributed by atoms with E-state index in [1.165, 1.54) is 6.20 Å². The number of ether oxygens (including phenoxy) is 1. The van der Waals surface area contributed by atoms with Gasteiger partial charge in [-0.25, -0.2) is 14.4 Å². The fourth-order valence-electron chi connectivity index (χ4n) is 1.96. The molecule has 0 bridgehead atoms. The van der Waals surface area contributed by atoms with Crippen molar-refractivity contribution in [2.75, 3.05) is 6.61 Å². The van der Waals surface area contributed by atoms with Crippen LogP contribution in [-0.4, -0.2) is 29.2 Å². The summed E-state index contributed by atoms with van der Waals surface area (Å²) in [6.45, 7) is 6.77. The molecule has 0 fully saturated rings. The zero-order chi connectivity index (χ0) is 18.8. The molecule has 138 valence electrons. The largest absolute Gasteiger partial charge is 0.434 e. The van der Waals surface area contributed by atoms with Gasteiger partial charge in [0, 0.05) is 31.5 Å². The topological polar surface area (TPSA) is 39.9 Å². The Morgan fingerprint density at radius 2 is 1.96 bits per heavy atom. The third kappa shape index (κ3) is 5.61. The standard InChI is InChI=1S/C15H18BrF4N3OSi/c1-25(2,3)5-4-24-9-23-8-12(15(18,19)20)22-14(23)13-11(17)6-10(16)7-21-13/h6-8H,4-5,9H2,1-3H3. The van der Waals surface area contributed by atoms with E-state index in [0.717, 1.165) is 22.9 Å². The van der Waals surface area contributed by atoms with Crippen LogP contribution in [0.1, 0.15) is 5.69 Å². The third-order valence-corrected chi connectivity index (χ3v) is 5.45. The van der Waals surface area contributed by atoms with Gasteiger partial charge in [-0.2, -0.15) is 13.2 Å². The number of hydrogen-bond donors (Lipinski definition) is 0. The maximum absolute atomic E-state index is 14.1. The van der Waals surface area contributed by atoms with E-state index in [-0.39, 0.29) is 18.2 Å². The summed E-state index contributed by atoms with van der Waals surface area (Å²) < 4.78 is 60.0. The van der Waals surface area contributed by atoms with E-state index < -0.39 is 25.8 Å². The van der Waals surface area contributed by atoms with Gasteiger partial charge in [0.15, 0.2) is 17.3 Å². The van der Waals surface area contributed by atoms with E-state index in [2.05, 4.69) is 45.5 Å². The van der Waals surface area contributed by atoms with Gasteiger partial charge in [-0.15, -0.1) is 0 Å². The highest BCUT2D eigenvalue weighted by Gasteiger charge is 2.35. The van der Waals surface area contributed by atoms with Crippen LogP contribution >= 0.6 is 15.9 Å². The Labute approximate surface area is 152 Å². The number of imidazole rings is 1. The van der Waals surface area contributed by atoms with Gasteiger partial charge in [0.2, 0.25) is 0 Å². The summed E-state index contributed by atoms with van der Waals surface area (Å²) in [5.74, 6) is -0.984. The molecule has 0 aliphatic carbocycles. The van der Waals surface area contributed by atoms with Crippen LogP contribution in [0.2, 0.25) is 25.7 Å². The highest BCUT2D eigenvalue weighted by Crippen LogP contribution is 2.31. The fraction of sp³-hybridized carbons (Fsp3) is 0.467. The Kier molecular flexibility index (Phi) is 6.05. The van der Waals surface area contributed by atoms with E-state index in [4.69, 9.17) is 4.74 Å². The normalized spacial score (nSPS) is 12.6. The Balaban J connectivity index is 2.29. The molecule has 2 rings (SSSR count). The van der Waals surface area contributed by atoms with Crippen LogP contribution in [0.4, 0.5) is 17.6 Å². The molecule has 0 aliphatic rings. The van der Waals surface area contributed by atoms with Crippen molar-refractivity contribution in [1.82, 2.24) is 14.5 Å². The number of pyridine rings is 1. The van der Waals surface area contributed by atoms with Crippen molar-refractivity contribution < 1.29 is 22.3 Å². The molecule has 2 heterocycles. The molecule has 0 radical (unpaired) electrons. The van der Waals surface area contributed by atoms with E-state index in [9.17, 15) is 17.6 Å². The van der Waals surface area contributed by atoms with Crippen molar-refractivity contribution in [1.29, 1.82) is 0 Å². The highest BCUT2D eigenvalue weighted by atomic mass is 79.9. The maximum atomic E-state index is 14.1. The van der Waals surface area contributed by atoms with Crippen LogP contribution in [0.25, 0.3) is 11.5 Å². The number of halogens is 5. The van der Waals surface area contributed by atoms with Crippen molar-refractivity contribution in [2.45, 2.75) is 38.6 Å². The first-order valence-electron chi connectivity index (χ1n) is 7.51. The van der Waals surface area contributed by atoms with Crippen LogP contribution in [-0.2, 0) is 17.6 Å². The summed E-state index contributed by atoms with van der Waals surface area (Å²) in [7, 11) is -1.32. The molecule has 2 aromatic rings. The van der Waals surface area contributed by atoms with E-state index in [1.54, 1.807) is 0 Å². The zero-order valence-electron chi connectivity index (χ0n) is 14.0. The molecule has 0 unspecified atom stereocenters. The molecule has 25 heavy (non-hydrogen) atoms. The molecule has 0 spiro atoms. The lowest BCUT2D eigenvalue weighted by molar-refractivity contribution is -0.141. The predicted molar refractivity (Wildman–Crippen MR) is 92.2 cm³/mol. The van der Waals surface area contributed by atoms with Gasteiger partial charge in [0.1, 0.15) is 12.4 Å². The third-order valence-electron chi connectivity index (χ3n) is 3.31. The van der Waals surface area contributed by atoms with E-state index in [1.807, 2.05) is 0 Å². The summed E-state index contributed by atoms with van der Waals surface area (Å²) in [5.41, 5.74) is -1.37. The molecule has 2 aromatic heterocycles. The molecule has 0 N–H and O–H groups in total. The zero-order valence-corrected chi connectivity index (χ0v) is 16.6. The highest BCUT2D eigenvalue weighted by molar-refractivity contribution is 9.10. The Hall–Kier alpha value is -1.26. The molecule has 0 saturated heterocycles. The second kappa shape index (κ2) is 7.54. The van der Waals surface area contributed by atoms with Crippen LogP contribution in [0.5, 0.6) is 0 Å². The second-order valence-electron chi connectivity index (χ2n) is 6.75. The SMILES string of the molecule is C[Si](C)(C)CCOCn1cc(C(F)(F)F)nc1-c1ncc(Br)cc1F. The summed E-state index contributed by atoms with van der Waals surface area (Å²) in [6, 6.07) is 1.99. The van der Waals surface area contributed by atoms with Crippen LogP contribution in [0, 0.1) is 5.82 Å². The van der Waals surface area contributed by atoms with E-state index >= 15 is 0 Å². The minimum absolute atomic E-state index is 0.153. The fourth-order valence-corrected chi connectivity index (χ4v) is 3.02. The van der Waals surface area contributed by atoms with Gasteiger partial charge in [-0.3, -0.25) is 0 Å². The van der Waals surface area contributed by atoms with E-state index in [0.29, 0.717) is 11.1 Å². The van der Waals surface area contributed by atoms with Gasteiger partial charge >= 0.3 is 6.18 Å². The first-order valence-corrected chi connectivity index (χ1v) is 12.0. The molecule has 0 aliphatic heterocycles. The summed E-state index contributed by atoms with van der Waals surface area (Å²) in [6.07, 6.45) is -2.52. The smallest absolute Gasteiger partial charge is 0.361 e. The number of nitrogens with zero attached hydrogens (tertiary/aromatic N) is 3.